The van der Waals surface area contributed by atoms with Gasteiger partial charge in [0.2, 0.25) is 0 Å². The quantitative estimate of drug-likeness (QED) is 0.465. The van der Waals surface area contributed by atoms with Gasteiger partial charge in [-0.3, -0.25) is 14.9 Å². The summed E-state index contributed by atoms with van der Waals surface area (Å²) in [5.74, 6) is -2.17. The minimum Gasteiger partial charge on any atom is -0.293 e. The Morgan fingerprint density at radius 1 is 1.17 bits per heavy atom. The first kappa shape index (κ1) is 17.0. The van der Waals surface area contributed by atoms with Crippen LogP contribution in [-0.2, 0) is 9.84 Å². The second-order valence-electron chi connectivity index (χ2n) is 4.56. The lowest BCUT2D eigenvalue weighted by Gasteiger charge is -2.06. The predicted octanol–water partition coefficient (Wildman–Crippen LogP) is 3.04. The zero-order valence-corrected chi connectivity index (χ0v) is 13.0. The SMILES string of the molecule is O=C(CS(=O)(=O)c1ccc([N+](=O)[O-])cc1Cl)c1ccc(F)cc1. The summed E-state index contributed by atoms with van der Waals surface area (Å²) < 4.78 is 37.3. The van der Waals surface area contributed by atoms with E-state index in [1.165, 1.54) is 12.1 Å². The van der Waals surface area contributed by atoms with Gasteiger partial charge in [0.15, 0.2) is 15.6 Å². The molecule has 0 fully saturated rings. The Labute approximate surface area is 135 Å². The topological polar surface area (TPSA) is 94.3 Å². The van der Waals surface area contributed by atoms with E-state index < -0.39 is 32.1 Å². The summed E-state index contributed by atoms with van der Waals surface area (Å²) in [5, 5.41) is 10.3. The molecule has 0 N–H and O–H groups in total. The van der Waals surface area contributed by atoms with Gasteiger partial charge in [0.1, 0.15) is 11.6 Å². The van der Waals surface area contributed by atoms with E-state index in [0.29, 0.717) is 0 Å². The fraction of sp³-hybridized carbons (Fsp3) is 0.0714. The fourth-order valence-corrected chi connectivity index (χ4v) is 3.65. The number of carbonyl (C=O) groups is 1. The fourth-order valence-electron chi connectivity index (χ4n) is 1.82. The lowest BCUT2D eigenvalue weighted by Crippen LogP contribution is -2.17. The highest BCUT2D eigenvalue weighted by atomic mass is 35.5. The molecule has 0 bridgehead atoms. The molecule has 0 aliphatic heterocycles. The van der Waals surface area contributed by atoms with Gasteiger partial charge in [0, 0.05) is 17.7 Å². The van der Waals surface area contributed by atoms with Crippen molar-refractivity contribution in [1.29, 1.82) is 0 Å². The van der Waals surface area contributed by atoms with Gasteiger partial charge in [0.25, 0.3) is 5.69 Å². The number of halogens is 2. The first-order valence-corrected chi connectivity index (χ1v) is 8.19. The zero-order valence-electron chi connectivity index (χ0n) is 11.4. The smallest absolute Gasteiger partial charge is 0.271 e. The molecule has 0 unspecified atom stereocenters. The molecule has 9 heteroatoms. The summed E-state index contributed by atoms with van der Waals surface area (Å²) in [4.78, 5) is 21.5. The van der Waals surface area contributed by atoms with Crippen molar-refractivity contribution >= 4 is 32.9 Å². The van der Waals surface area contributed by atoms with E-state index in [2.05, 4.69) is 0 Å². The summed E-state index contributed by atoms with van der Waals surface area (Å²) in [6, 6.07) is 7.29. The number of sulfone groups is 1. The van der Waals surface area contributed by atoms with Gasteiger partial charge in [-0.25, -0.2) is 12.8 Å². The van der Waals surface area contributed by atoms with Gasteiger partial charge in [-0.05, 0) is 30.3 Å². The summed E-state index contributed by atoms with van der Waals surface area (Å²) >= 11 is 5.76. The Morgan fingerprint density at radius 3 is 2.30 bits per heavy atom. The summed E-state index contributed by atoms with van der Waals surface area (Å²) in [7, 11) is -4.09. The van der Waals surface area contributed by atoms with Crippen LogP contribution in [0, 0.1) is 15.9 Å². The van der Waals surface area contributed by atoms with Gasteiger partial charge in [-0.15, -0.1) is 0 Å². The van der Waals surface area contributed by atoms with Crippen LogP contribution in [0.4, 0.5) is 10.1 Å². The molecule has 2 rings (SSSR count). The van der Waals surface area contributed by atoms with Gasteiger partial charge in [-0.2, -0.15) is 0 Å². The number of rotatable bonds is 5. The van der Waals surface area contributed by atoms with Crippen LogP contribution in [0.2, 0.25) is 5.02 Å². The van der Waals surface area contributed by atoms with Crippen LogP contribution in [0.25, 0.3) is 0 Å². The molecule has 2 aromatic carbocycles. The van der Waals surface area contributed by atoms with Crippen LogP contribution in [0.5, 0.6) is 0 Å². The Bertz CT molecular complexity index is 881. The number of carbonyl (C=O) groups excluding carboxylic acids is 1. The number of benzene rings is 2. The van der Waals surface area contributed by atoms with Gasteiger partial charge >= 0.3 is 0 Å². The van der Waals surface area contributed by atoms with Crippen molar-refractivity contribution in [2.24, 2.45) is 0 Å². The monoisotopic (exact) mass is 357 g/mol. The maximum atomic E-state index is 12.8. The summed E-state index contributed by atoms with van der Waals surface area (Å²) in [5.41, 5.74) is -0.327. The number of nitrogens with zero attached hydrogens (tertiary/aromatic N) is 1. The molecule has 23 heavy (non-hydrogen) atoms. The lowest BCUT2D eigenvalue weighted by atomic mass is 10.1. The molecule has 0 amide bonds. The van der Waals surface area contributed by atoms with Crippen molar-refractivity contribution in [2.45, 2.75) is 4.90 Å². The number of Topliss-reactive ketones (excluding diaryl/α,β-unsaturated/α-hetero) is 1. The molecule has 2 aromatic rings. The molecule has 0 saturated carbocycles. The van der Waals surface area contributed by atoms with Crippen LogP contribution < -0.4 is 0 Å². The van der Waals surface area contributed by atoms with E-state index in [-0.39, 0.29) is 21.2 Å². The maximum Gasteiger partial charge on any atom is 0.271 e. The van der Waals surface area contributed by atoms with Gasteiger partial charge < -0.3 is 0 Å². The standard InChI is InChI=1S/C14H9ClFNO5S/c15-12-7-11(17(19)20)5-6-14(12)23(21,22)8-13(18)9-1-3-10(16)4-2-9/h1-7H,8H2. The average molecular weight is 358 g/mol. The molecule has 120 valence electrons. The molecule has 0 saturated heterocycles. The molecule has 0 heterocycles. The molecule has 0 atom stereocenters. The van der Waals surface area contributed by atoms with E-state index in [4.69, 9.17) is 11.6 Å². The molecule has 0 aliphatic rings. The highest BCUT2D eigenvalue weighted by molar-refractivity contribution is 7.92. The normalized spacial score (nSPS) is 11.2. The number of hydrogen-bond acceptors (Lipinski definition) is 5. The van der Waals surface area contributed by atoms with E-state index in [1.807, 2.05) is 0 Å². The van der Waals surface area contributed by atoms with Crippen LogP contribution in [0.3, 0.4) is 0 Å². The summed E-state index contributed by atoms with van der Waals surface area (Å²) in [6.45, 7) is 0. The molecular weight excluding hydrogens is 349 g/mol. The number of nitro groups is 1. The van der Waals surface area contributed by atoms with Crippen molar-refractivity contribution < 1.29 is 22.5 Å². The van der Waals surface area contributed by atoms with E-state index in [1.54, 1.807) is 0 Å². The van der Waals surface area contributed by atoms with E-state index >= 15 is 0 Å². The third-order valence-electron chi connectivity index (χ3n) is 2.95. The Kier molecular flexibility index (Phi) is 4.76. The Balaban J connectivity index is 2.30. The first-order valence-electron chi connectivity index (χ1n) is 6.16. The Hall–Kier alpha value is -2.32. The molecule has 6 nitrogen and oxygen atoms in total. The summed E-state index contributed by atoms with van der Waals surface area (Å²) in [6.07, 6.45) is 0. The highest BCUT2D eigenvalue weighted by Crippen LogP contribution is 2.27. The van der Waals surface area contributed by atoms with Gasteiger partial charge in [-0.1, -0.05) is 11.6 Å². The van der Waals surface area contributed by atoms with Gasteiger partial charge in [0.05, 0.1) is 14.8 Å². The molecule has 0 aromatic heterocycles. The number of nitro benzene ring substituents is 1. The van der Waals surface area contributed by atoms with E-state index in [0.717, 1.165) is 30.3 Å². The number of ketones is 1. The minimum absolute atomic E-state index is 0.0352. The third-order valence-corrected chi connectivity index (χ3v) is 5.04. The molecular formula is C14H9ClFNO5S. The second kappa shape index (κ2) is 6.43. The average Bonchev–Trinajstić information content (AvgIpc) is 2.46. The van der Waals surface area contributed by atoms with Crippen molar-refractivity contribution in [3.05, 3.63) is 69.0 Å². The Morgan fingerprint density at radius 2 is 1.78 bits per heavy atom. The first-order chi connectivity index (χ1) is 10.7. The highest BCUT2D eigenvalue weighted by Gasteiger charge is 2.24. The van der Waals surface area contributed by atoms with Crippen LogP contribution >= 0.6 is 11.6 Å². The minimum atomic E-state index is -4.09. The zero-order chi connectivity index (χ0) is 17.2. The van der Waals surface area contributed by atoms with Crippen molar-refractivity contribution in [3.8, 4) is 0 Å². The van der Waals surface area contributed by atoms with Crippen LogP contribution in [0.15, 0.2) is 47.4 Å². The molecule has 0 radical (unpaired) electrons. The van der Waals surface area contributed by atoms with Crippen molar-refractivity contribution in [2.75, 3.05) is 5.75 Å². The second-order valence-corrected chi connectivity index (χ2v) is 6.93. The number of non-ortho nitro benzene ring substituents is 1. The predicted molar refractivity (Wildman–Crippen MR) is 80.9 cm³/mol. The molecule has 0 spiro atoms. The molecule has 0 aliphatic carbocycles. The van der Waals surface area contributed by atoms with Crippen LogP contribution in [0.1, 0.15) is 10.4 Å². The van der Waals surface area contributed by atoms with Crippen molar-refractivity contribution in [1.82, 2.24) is 0 Å². The lowest BCUT2D eigenvalue weighted by molar-refractivity contribution is -0.384. The largest absolute Gasteiger partial charge is 0.293 e. The van der Waals surface area contributed by atoms with E-state index in [9.17, 15) is 27.7 Å². The third kappa shape index (κ3) is 3.91. The number of hydrogen-bond donors (Lipinski definition) is 0. The van der Waals surface area contributed by atoms with Crippen molar-refractivity contribution in [3.63, 3.8) is 0 Å². The van der Waals surface area contributed by atoms with Crippen LogP contribution in [-0.4, -0.2) is 24.9 Å². The maximum absolute atomic E-state index is 12.8.